The molecule has 20 heavy (non-hydrogen) atoms. The van der Waals surface area contributed by atoms with Crippen LogP contribution in [-0.2, 0) is 16.0 Å². The number of aromatic nitrogens is 3. The highest BCUT2D eigenvalue weighted by Gasteiger charge is 2.13. The lowest BCUT2D eigenvalue weighted by Crippen LogP contribution is -2.05. The summed E-state index contributed by atoms with van der Waals surface area (Å²) in [5.41, 5.74) is 4.15. The predicted molar refractivity (Wildman–Crippen MR) is 76.3 cm³/mol. The summed E-state index contributed by atoms with van der Waals surface area (Å²) in [5.74, 6) is 0.304. The summed E-state index contributed by atoms with van der Waals surface area (Å²) in [6.45, 7) is 2.02. The number of hydrogen-bond acceptors (Lipinski definition) is 3. The van der Waals surface area contributed by atoms with Crippen molar-refractivity contribution in [2.45, 2.75) is 13.3 Å². The summed E-state index contributed by atoms with van der Waals surface area (Å²) >= 11 is 0. The third-order valence-electron chi connectivity index (χ3n) is 3.33. The van der Waals surface area contributed by atoms with Gasteiger partial charge in [-0.05, 0) is 13.0 Å². The van der Waals surface area contributed by atoms with Crippen LogP contribution in [0.5, 0.6) is 0 Å². The fourth-order valence-corrected chi connectivity index (χ4v) is 2.41. The average molecular weight is 269 g/mol. The Labute approximate surface area is 116 Å². The van der Waals surface area contributed by atoms with E-state index >= 15 is 0 Å². The van der Waals surface area contributed by atoms with Crippen LogP contribution >= 0.6 is 0 Å². The van der Waals surface area contributed by atoms with Gasteiger partial charge in [-0.1, -0.05) is 18.2 Å². The van der Waals surface area contributed by atoms with Gasteiger partial charge in [0, 0.05) is 22.2 Å². The maximum atomic E-state index is 11.3. The van der Waals surface area contributed by atoms with Gasteiger partial charge in [-0.25, -0.2) is 4.98 Å². The maximum Gasteiger partial charge on any atom is 0.313 e. The molecular weight excluding hydrogens is 254 g/mol. The van der Waals surface area contributed by atoms with E-state index in [0.29, 0.717) is 5.82 Å². The fourth-order valence-electron chi connectivity index (χ4n) is 2.41. The highest BCUT2D eigenvalue weighted by Crippen LogP contribution is 2.30. The lowest BCUT2D eigenvalue weighted by Gasteiger charge is -1.98. The van der Waals surface area contributed by atoms with Gasteiger partial charge in [0.05, 0.1) is 19.0 Å². The minimum atomic E-state index is -0.304. The predicted octanol–water partition coefficient (Wildman–Crippen LogP) is 2.58. The number of carbonyl (C=O) groups is 1. The quantitative estimate of drug-likeness (QED) is 0.718. The van der Waals surface area contributed by atoms with Crippen LogP contribution in [0.4, 0.5) is 0 Å². The van der Waals surface area contributed by atoms with Crippen LogP contribution < -0.4 is 0 Å². The SMILES string of the molecule is COC(=O)Cc1ncc(-c2c(C)[nH]c3ccccc23)[nH]1. The summed E-state index contributed by atoms with van der Waals surface area (Å²) in [4.78, 5) is 22.0. The van der Waals surface area contributed by atoms with E-state index in [2.05, 4.69) is 25.8 Å². The van der Waals surface area contributed by atoms with E-state index in [1.807, 2.05) is 25.1 Å². The Morgan fingerprint density at radius 2 is 2.10 bits per heavy atom. The molecule has 5 heteroatoms. The van der Waals surface area contributed by atoms with E-state index in [1.165, 1.54) is 7.11 Å². The average Bonchev–Trinajstić information content (AvgIpc) is 3.01. The van der Waals surface area contributed by atoms with Crippen LogP contribution in [0, 0.1) is 6.92 Å². The zero-order valence-electron chi connectivity index (χ0n) is 11.4. The summed E-state index contributed by atoms with van der Waals surface area (Å²) in [6, 6.07) is 8.11. The molecule has 0 atom stereocenters. The molecule has 2 N–H and O–H groups in total. The topological polar surface area (TPSA) is 70.8 Å². The minimum Gasteiger partial charge on any atom is -0.469 e. The molecule has 0 saturated carbocycles. The molecule has 0 aliphatic carbocycles. The highest BCUT2D eigenvalue weighted by atomic mass is 16.5. The number of aryl methyl sites for hydroxylation is 1. The lowest BCUT2D eigenvalue weighted by atomic mass is 10.1. The number of imidazole rings is 1. The second kappa shape index (κ2) is 4.85. The molecule has 3 aromatic rings. The first-order valence-electron chi connectivity index (χ1n) is 6.37. The van der Waals surface area contributed by atoms with Gasteiger partial charge in [-0.2, -0.15) is 0 Å². The second-order valence-electron chi connectivity index (χ2n) is 4.67. The van der Waals surface area contributed by atoms with E-state index < -0.39 is 0 Å². The summed E-state index contributed by atoms with van der Waals surface area (Å²) < 4.78 is 4.64. The van der Waals surface area contributed by atoms with Gasteiger partial charge in [-0.3, -0.25) is 4.79 Å². The van der Waals surface area contributed by atoms with Gasteiger partial charge in [0.15, 0.2) is 0 Å². The number of ether oxygens (including phenoxy) is 1. The molecule has 0 amide bonds. The van der Waals surface area contributed by atoms with Crippen LogP contribution in [0.1, 0.15) is 11.5 Å². The number of fused-ring (bicyclic) bond motifs is 1. The first-order chi connectivity index (χ1) is 9.69. The lowest BCUT2D eigenvalue weighted by molar-refractivity contribution is -0.139. The molecule has 0 spiro atoms. The molecule has 5 nitrogen and oxygen atoms in total. The van der Waals surface area contributed by atoms with Crippen LogP contribution in [0.15, 0.2) is 30.5 Å². The summed E-state index contributed by atoms with van der Waals surface area (Å²) in [7, 11) is 1.37. The smallest absolute Gasteiger partial charge is 0.313 e. The molecule has 3 rings (SSSR count). The van der Waals surface area contributed by atoms with Crippen molar-refractivity contribution in [2.24, 2.45) is 0 Å². The fraction of sp³-hybridized carbons (Fsp3) is 0.200. The molecule has 0 aliphatic rings. The van der Waals surface area contributed by atoms with Gasteiger partial charge < -0.3 is 14.7 Å². The zero-order chi connectivity index (χ0) is 14.1. The van der Waals surface area contributed by atoms with E-state index in [1.54, 1.807) is 6.20 Å². The van der Waals surface area contributed by atoms with Crippen molar-refractivity contribution in [3.63, 3.8) is 0 Å². The molecule has 0 saturated heterocycles. The third kappa shape index (κ3) is 2.07. The second-order valence-corrected chi connectivity index (χ2v) is 4.67. The molecular formula is C15H15N3O2. The van der Waals surface area contributed by atoms with Crippen LogP contribution in [0.2, 0.25) is 0 Å². The van der Waals surface area contributed by atoms with Gasteiger partial charge >= 0.3 is 5.97 Å². The molecule has 0 fully saturated rings. The number of rotatable bonds is 3. The first-order valence-corrected chi connectivity index (χ1v) is 6.37. The normalized spacial score (nSPS) is 10.9. The zero-order valence-corrected chi connectivity index (χ0v) is 11.4. The van der Waals surface area contributed by atoms with Crippen molar-refractivity contribution in [3.8, 4) is 11.3 Å². The molecule has 0 bridgehead atoms. The number of nitrogens with zero attached hydrogens (tertiary/aromatic N) is 1. The summed E-state index contributed by atoms with van der Waals surface area (Å²) in [5, 5.41) is 1.14. The molecule has 2 aromatic heterocycles. The van der Waals surface area contributed by atoms with E-state index in [-0.39, 0.29) is 12.4 Å². The van der Waals surface area contributed by atoms with Crippen molar-refractivity contribution < 1.29 is 9.53 Å². The highest BCUT2D eigenvalue weighted by molar-refractivity contribution is 5.96. The van der Waals surface area contributed by atoms with Crippen LogP contribution in [0.3, 0.4) is 0 Å². The van der Waals surface area contributed by atoms with E-state index in [9.17, 15) is 4.79 Å². The Kier molecular flexibility index (Phi) is 3.02. The van der Waals surface area contributed by atoms with E-state index in [0.717, 1.165) is 27.9 Å². The maximum absolute atomic E-state index is 11.3. The Bertz CT molecular complexity index is 770. The van der Waals surface area contributed by atoms with Crippen molar-refractivity contribution in [2.75, 3.05) is 7.11 Å². The monoisotopic (exact) mass is 269 g/mol. The van der Waals surface area contributed by atoms with Crippen molar-refractivity contribution in [3.05, 3.63) is 42.0 Å². The number of aromatic amines is 2. The Balaban J connectivity index is 2.03. The van der Waals surface area contributed by atoms with Crippen molar-refractivity contribution in [1.82, 2.24) is 15.0 Å². The van der Waals surface area contributed by atoms with Crippen LogP contribution in [0.25, 0.3) is 22.2 Å². The summed E-state index contributed by atoms with van der Waals surface area (Å²) in [6.07, 6.45) is 1.90. The van der Waals surface area contributed by atoms with Crippen molar-refractivity contribution in [1.29, 1.82) is 0 Å². The number of para-hydroxylation sites is 1. The molecule has 0 radical (unpaired) electrons. The molecule has 2 heterocycles. The number of hydrogen-bond donors (Lipinski definition) is 2. The Morgan fingerprint density at radius 3 is 2.90 bits per heavy atom. The van der Waals surface area contributed by atoms with Gasteiger partial charge in [0.1, 0.15) is 12.2 Å². The molecule has 102 valence electrons. The largest absolute Gasteiger partial charge is 0.469 e. The number of methoxy groups -OCH3 is 1. The molecule has 0 unspecified atom stereocenters. The standard InChI is InChI=1S/C15H15N3O2/c1-9-15(10-5-3-4-6-11(10)17-9)12-8-16-13(18-12)7-14(19)20-2/h3-6,8,17H,7H2,1-2H3,(H,16,18). The van der Waals surface area contributed by atoms with E-state index in [4.69, 9.17) is 0 Å². The Morgan fingerprint density at radius 1 is 1.30 bits per heavy atom. The minimum absolute atomic E-state index is 0.151. The number of benzene rings is 1. The third-order valence-corrected chi connectivity index (χ3v) is 3.33. The number of nitrogens with one attached hydrogen (secondary N) is 2. The van der Waals surface area contributed by atoms with Gasteiger partial charge in [0.2, 0.25) is 0 Å². The number of esters is 1. The number of H-pyrrole nitrogens is 2. The number of carbonyl (C=O) groups excluding carboxylic acids is 1. The van der Waals surface area contributed by atoms with Gasteiger partial charge in [0.25, 0.3) is 0 Å². The molecule has 0 aliphatic heterocycles. The van der Waals surface area contributed by atoms with Crippen LogP contribution in [-0.4, -0.2) is 28.0 Å². The van der Waals surface area contributed by atoms with Crippen molar-refractivity contribution >= 4 is 16.9 Å². The Hall–Kier alpha value is -2.56. The van der Waals surface area contributed by atoms with Gasteiger partial charge in [-0.15, -0.1) is 0 Å². The first kappa shape index (κ1) is 12.5. The molecule has 1 aromatic carbocycles.